The van der Waals surface area contributed by atoms with Gasteiger partial charge >= 0.3 is 0 Å². The average Bonchev–Trinajstić information content (AvgIpc) is 2.38. The smallest absolute Gasteiger partial charge is 0.296 e. The second kappa shape index (κ2) is 6.31. The lowest BCUT2D eigenvalue weighted by molar-refractivity contribution is -0.384. The highest BCUT2D eigenvalue weighted by Gasteiger charge is 2.19. The minimum absolute atomic E-state index is 0.274. The molecule has 9 heteroatoms. The van der Waals surface area contributed by atoms with Crippen molar-refractivity contribution in [3.05, 3.63) is 28.3 Å². The van der Waals surface area contributed by atoms with Crippen molar-refractivity contribution in [2.75, 3.05) is 18.4 Å². The first-order valence-electron chi connectivity index (χ1n) is 5.18. The maximum atomic E-state index is 11.5. The Labute approximate surface area is 107 Å². The highest BCUT2D eigenvalue weighted by Crippen LogP contribution is 2.32. The summed E-state index contributed by atoms with van der Waals surface area (Å²) in [5.41, 5.74) is 4.26. The summed E-state index contributed by atoms with van der Waals surface area (Å²) < 4.78 is 0. The van der Waals surface area contributed by atoms with E-state index in [2.05, 4.69) is 10.6 Å². The number of para-hydroxylation sites is 1. The third kappa shape index (κ3) is 3.92. The zero-order valence-electron chi connectivity index (χ0n) is 9.75. The number of rotatable bonds is 5. The molecule has 19 heavy (non-hydrogen) atoms. The predicted octanol–water partition coefficient (Wildman–Crippen LogP) is -0.686. The van der Waals surface area contributed by atoms with Crippen LogP contribution in [0.25, 0.3) is 0 Å². The normalized spacial score (nSPS) is 9.74. The first-order chi connectivity index (χ1) is 8.95. The molecule has 1 aromatic rings. The van der Waals surface area contributed by atoms with Crippen LogP contribution in [-0.2, 0) is 9.59 Å². The first kappa shape index (κ1) is 14.4. The summed E-state index contributed by atoms with van der Waals surface area (Å²) in [6.07, 6.45) is 0. The van der Waals surface area contributed by atoms with Crippen molar-refractivity contribution < 1.29 is 19.6 Å². The Kier molecular flexibility index (Phi) is 4.77. The van der Waals surface area contributed by atoms with E-state index in [-0.39, 0.29) is 12.2 Å². The van der Waals surface area contributed by atoms with E-state index < -0.39 is 34.7 Å². The van der Waals surface area contributed by atoms with Crippen molar-refractivity contribution in [1.82, 2.24) is 5.32 Å². The van der Waals surface area contributed by atoms with Gasteiger partial charge in [0.05, 0.1) is 18.0 Å². The lowest BCUT2D eigenvalue weighted by Crippen LogP contribution is -2.36. The zero-order valence-corrected chi connectivity index (χ0v) is 9.75. The molecule has 0 bridgehead atoms. The van der Waals surface area contributed by atoms with Crippen LogP contribution in [0.5, 0.6) is 5.75 Å². The quantitative estimate of drug-likeness (QED) is 0.316. The molecule has 0 spiro atoms. The second-order valence-electron chi connectivity index (χ2n) is 3.46. The lowest BCUT2D eigenvalue weighted by Gasteiger charge is -2.08. The largest absolute Gasteiger partial charge is 0.505 e. The van der Waals surface area contributed by atoms with Gasteiger partial charge in [-0.3, -0.25) is 19.7 Å². The summed E-state index contributed by atoms with van der Waals surface area (Å²) in [4.78, 5) is 32.3. The van der Waals surface area contributed by atoms with Crippen LogP contribution in [0.4, 0.5) is 11.4 Å². The highest BCUT2D eigenvalue weighted by molar-refractivity contribution is 5.97. The van der Waals surface area contributed by atoms with Crippen LogP contribution in [0.3, 0.4) is 0 Å². The number of nitro groups is 1. The van der Waals surface area contributed by atoms with E-state index in [0.29, 0.717) is 0 Å². The molecule has 0 saturated heterocycles. The fraction of sp³-hybridized carbons (Fsp3) is 0.200. The number of aromatic hydroxyl groups is 1. The number of nitrogens with two attached hydrogens (primary N) is 1. The molecule has 2 amide bonds. The van der Waals surface area contributed by atoms with E-state index in [9.17, 15) is 24.8 Å². The number of nitro benzene ring substituents is 1. The molecular weight excluding hydrogens is 256 g/mol. The fourth-order valence-electron chi connectivity index (χ4n) is 1.24. The SMILES string of the molecule is NCC(=O)NCC(=O)Nc1c(O)cccc1[N+](=O)[O-]. The van der Waals surface area contributed by atoms with Gasteiger partial charge in [-0.15, -0.1) is 0 Å². The van der Waals surface area contributed by atoms with Crippen LogP contribution in [0.1, 0.15) is 0 Å². The Morgan fingerprint density at radius 2 is 2.05 bits per heavy atom. The standard InChI is InChI=1S/C10H12N4O5/c11-4-8(16)12-5-9(17)13-10-6(14(18)19)2-1-3-7(10)15/h1-3,15H,4-5,11H2,(H,12,16)(H,13,17). The van der Waals surface area contributed by atoms with Crippen LogP contribution < -0.4 is 16.4 Å². The zero-order chi connectivity index (χ0) is 14.4. The molecule has 0 aliphatic rings. The molecule has 9 nitrogen and oxygen atoms in total. The van der Waals surface area contributed by atoms with Crippen molar-refractivity contribution in [2.45, 2.75) is 0 Å². The van der Waals surface area contributed by atoms with Crippen LogP contribution in [0, 0.1) is 10.1 Å². The summed E-state index contributed by atoms with van der Waals surface area (Å²) in [6, 6.07) is 3.61. The van der Waals surface area contributed by atoms with Gasteiger partial charge in [0, 0.05) is 6.07 Å². The Hall–Kier alpha value is -2.68. The highest BCUT2D eigenvalue weighted by atomic mass is 16.6. The van der Waals surface area contributed by atoms with E-state index in [4.69, 9.17) is 5.73 Å². The minimum atomic E-state index is -0.742. The maximum absolute atomic E-state index is 11.5. The molecule has 0 atom stereocenters. The Bertz CT molecular complexity index is 517. The van der Waals surface area contributed by atoms with Crippen LogP contribution in [0.15, 0.2) is 18.2 Å². The second-order valence-corrected chi connectivity index (χ2v) is 3.46. The fourth-order valence-corrected chi connectivity index (χ4v) is 1.24. The molecule has 5 N–H and O–H groups in total. The van der Waals surface area contributed by atoms with Crippen molar-refractivity contribution >= 4 is 23.2 Å². The van der Waals surface area contributed by atoms with Gasteiger partial charge in [-0.05, 0) is 6.07 Å². The molecule has 0 saturated carbocycles. The third-order valence-electron chi connectivity index (χ3n) is 2.11. The van der Waals surface area contributed by atoms with Gasteiger partial charge in [0.15, 0.2) is 5.69 Å². The van der Waals surface area contributed by atoms with E-state index in [1.807, 2.05) is 0 Å². The number of benzene rings is 1. The molecule has 102 valence electrons. The van der Waals surface area contributed by atoms with Crippen LogP contribution in [0.2, 0.25) is 0 Å². The number of carbonyl (C=O) groups is 2. The molecule has 0 radical (unpaired) electrons. The number of nitrogens with one attached hydrogen (secondary N) is 2. The van der Waals surface area contributed by atoms with Gasteiger partial charge in [-0.2, -0.15) is 0 Å². The van der Waals surface area contributed by atoms with Crippen molar-refractivity contribution in [3.8, 4) is 5.75 Å². The molecule has 0 aliphatic carbocycles. The molecule has 1 rings (SSSR count). The van der Waals surface area contributed by atoms with Crippen LogP contribution >= 0.6 is 0 Å². The summed E-state index contributed by atoms with van der Waals surface area (Å²) >= 11 is 0. The van der Waals surface area contributed by atoms with Gasteiger partial charge in [0.2, 0.25) is 11.8 Å². The number of carbonyl (C=O) groups excluding carboxylic acids is 2. The number of amides is 2. The summed E-state index contributed by atoms with van der Waals surface area (Å²) in [5, 5.41) is 24.6. The van der Waals surface area contributed by atoms with Gasteiger partial charge in [0.25, 0.3) is 5.69 Å². The molecule has 1 aromatic carbocycles. The van der Waals surface area contributed by atoms with E-state index >= 15 is 0 Å². The molecule has 0 heterocycles. The third-order valence-corrected chi connectivity index (χ3v) is 2.11. The number of nitrogens with zero attached hydrogens (tertiary/aromatic N) is 1. The maximum Gasteiger partial charge on any atom is 0.296 e. The average molecular weight is 268 g/mol. The predicted molar refractivity (Wildman–Crippen MR) is 65.5 cm³/mol. The van der Waals surface area contributed by atoms with Gasteiger partial charge in [0.1, 0.15) is 5.75 Å². The molecular formula is C10H12N4O5. The topological polar surface area (TPSA) is 148 Å². The minimum Gasteiger partial charge on any atom is -0.505 e. The number of phenolic OH excluding ortho intramolecular Hbond substituents is 1. The summed E-state index contributed by atoms with van der Waals surface area (Å²) in [7, 11) is 0. The van der Waals surface area contributed by atoms with Gasteiger partial charge in [-0.25, -0.2) is 0 Å². The summed E-state index contributed by atoms with van der Waals surface area (Å²) in [6.45, 7) is -0.675. The van der Waals surface area contributed by atoms with Crippen molar-refractivity contribution in [2.24, 2.45) is 5.73 Å². The molecule has 0 aromatic heterocycles. The van der Waals surface area contributed by atoms with Crippen LogP contribution in [-0.4, -0.2) is 34.9 Å². The molecule has 0 unspecified atom stereocenters. The van der Waals surface area contributed by atoms with Crippen molar-refractivity contribution in [1.29, 1.82) is 0 Å². The molecule has 0 fully saturated rings. The van der Waals surface area contributed by atoms with E-state index in [0.717, 1.165) is 6.07 Å². The Morgan fingerprint density at radius 3 is 2.63 bits per heavy atom. The summed E-state index contributed by atoms with van der Waals surface area (Å²) in [5.74, 6) is -1.69. The first-order valence-corrected chi connectivity index (χ1v) is 5.18. The van der Waals surface area contributed by atoms with Crippen molar-refractivity contribution in [3.63, 3.8) is 0 Å². The lowest BCUT2D eigenvalue weighted by atomic mass is 10.2. The van der Waals surface area contributed by atoms with E-state index in [1.165, 1.54) is 12.1 Å². The molecule has 0 aliphatic heterocycles. The number of hydrogen-bond donors (Lipinski definition) is 4. The Morgan fingerprint density at radius 1 is 1.37 bits per heavy atom. The van der Waals surface area contributed by atoms with Gasteiger partial charge in [-0.1, -0.05) is 6.07 Å². The Balaban J connectivity index is 2.79. The number of anilines is 1. The van der Waals surface area contributed by atoms with E-state index in [1.54, 1.807) is 0 Å². The number of phenols is 1. The number of hydrogen-bond acceptors (Lipinski definition) is 6. The monoisotopic (exact) mass is 268 g/mol. The van der Waals surface area contributed by atoms with Gasteiger partial charge < -0.3 is 21.5 Å².